The molecule has 0 bridgehead atoms. The standard InChI is InChI=1S/C25H22F3N5O2/c1-24(16-35-20-15-29-18(14-30-20)25(26,27)28)11-7-13-33(24)23(34)21-22(17-8-3-2-4-9-17)32-12-6-5-10-19(32)31-21/h2-6,8-10,12,14-15H,7,11,13,16H2,1H3/t24-/m0/s1. The fraction of sp³-hybridized carbons (Fsp3) is 0.280. The molecule has 0 N–H and O–H groups in total. The second-order valence-corrected chi connectivity index (χ2v) is 8.69. The SMILES string of the molecule is C[C@@]1(COc2cnc(C(F)(F)F)cn2)CCCN1C(=O)c1nc2ccccn2c1-c1ccccc1. The highest BCUT2D eigenvalue weighted by Crippen LogP contribution is 2.34. The van der Waals surface area contributed by atoms with Crippen molar-refractivity contribution in [1.29, 1.82) is 0 Å². The molecule has 0 saturated carbocycles. The summed E-state index contributed by atoms with van der Waals surface area (Å²) in [5, 5.41) is 0. The first-order valence-electron chi connectivity index (χ1n) is 11.1. The van der Waals surface area contributed by atoms with Crippen molar-refractivity contribution in [3.05, 3.63) is 78.5 Å². The van der Waals surface area contributed by atoms with Crippen LogP contribution in [0.3, 0.4) is 0 Å². The zero-order chi connectivity index (χ0) is 24.6. The number of carbonyl (C=O) groups excluding carboxylic acids is 1. The predicted molar refractivity (Wildman–Crippen MR) is 122 cm³/mol. The van der Waals surface area contributed by atoms with E-state index in [4.69, 9.17) is 4.74 Å². The van der Waals surface area contributed by atoms with Gasteiger partial charge in [0, 0.05) is 18.3 Å². The van der Waals surface area contributed by atoms with E-state index in [0.717, 1.165) is 18.2 Å². The van der Waals surface area contributed by atoms with Gasteiger partial charge < -0.3 is 9.64 Å². The highest BCUT2D eigenvalue weighted by molar-refractivity contribution is 6.00. The average molecular weight is 481 g/mol. The first-order chi connectivity index (χ1) is 16.8. The normalized spacial score (nSPS) is 18.2. The number of hydrogen-bond acceptors (Lipinski definition) is 5. The number of fused-ring (bicyclic) bond motifs is 1. The van der Waals surface area contributed by atoms with Crippen LogP contribution in [0.15, 0.2) is 67.1 Å². The lowest BCUT2D eigenvalue weighted by Crippen LogP contribution is -2.49. The number of carbonyl (C=O) groups is 1. The molecule has 5 rings (SSSR count). The van der Waals surface area contributed by atoms with Crippen molar-refractivity contribution < 1.29 is 22.7 Å². The van der Waals surface area contributed by atoms with Gasteiger partial charge in [-0.15, -0.1) is 0 Å². The number of aromatic nitrogens is 4. The number of rotatable bonds is 5. The van der Waals surface area contributed by atoms with E-state index in [1.54, 1.807) is 4.90 Å². The Morgan fingerprint density at radius 1 is 1.09 bits per heavy atom. The predicted octanol–water partition coefficient (Wildman–Crippen LogP) is 4.88. The molecule has 1 amide bonds. The van der Waals surface area contributed by atoms with Gasteiger partial charge in [0.15, 0.2) is 11.4 Å². The Bertz CT molecular complexity index is 1360. The van der Waals surface area contributed by atoms with E-state index < -0.39 is 17.4 Å². The van der Waals surface area contributed by atoms with Crippen LogP contribution < -0.4 is 4.74 Å². The summed E-state index contributed by atoms with van der Waals surface area (Å²) in [4.78, 5) is 27.3. The molecule has 4 heterocycles. The van der Waals surface area contributed by atoms with Crippen molar-refractivity contribution in [1.82, 2.24) is 24.3 Å². The number of amides is 1. The Balaban J connectivity index is 1.43. The summed E-state index contributed by atoms with van der Waals surface area (Å²) in [5.41, 5.74) is 0.790. The van der Waals surface area contributed by atoms with E-state index in [0.29, 0.717) is 36.2 Å². The van der Waals surface area contributed by atoms with Gasteiger partial charge in [-0.05, 0) is 31.9 Å². The molecular weight excluding hydrogens is 459 g/mol. The van der Waals surface area contributed by atoms with Crippen molar-refractivity contribution >= 4 is 11.6 Å². The van der Waals surface area contributed by atoms with Gasteiger partial charge in [0.1, 0.15) is 12.3 Å². The van der Waals surface area contributed by atoms with Crippen molar-refractivity contribution in [2.45, 2.75) is 31.5 Å². The Morgan fingerprint density at radius 3 is 2.57 bits per heavy atom. The van der Waals surface area contributed by atoms with E-state index >= 15 is 0 Å². The van der Waals surface area contributed by atoms with Crippen LogP contribution in [0.25, 0.3) is 16.9 Å². The molecular formula is C25H22F3N5O2. The van der Waals surface area contributed by atoms with Crippen molar-refractivity contribution in [2.24, 2.45) is 0 Å². The lowest BCUT2D eigenvalue weighted by Gasteiger charge is -2.34. The summed E-state index contributed by atoms with van der Waals surface area (Å²) >= 11 is 0. The van der Waals surface area contributed by atoms with Gasteiger partial charge in [-0.1, -0.05) is 36.4 Å². The number of ether oxygens (including phenoxy) is 1. The maximum absolute atomic E-state index is 13.8. The number of halogens is 3. The van der Waals surface area contributed by atoms with Crippen LogP contribution >= 0.6 is 0 Å². The number of likely N-dealkylation sites (tertiary alicyclic amines) is 1. The first kappa shape index (κ1) is 22.8. The average Bonchev–Trinajstić information content (AvgIpc) is 3.44. The molecule has 10 heteroatoms. The van der Waals surface area contributed by atoms with Crippen molar-refractivity contribution in [2.75, 3.05) is 13.2 Å². The minimum absolute atomic E-state index is 0.0313. The third kappa shape index (κ3) is 4.31. The Hall–Kier alpha value is -3.95. The Morgan fingerprint density at radius 2 is 1.86 bits per heavy atom. The Kier molecular flexibility index (Phi) is 5.66. The third-order valence-corrected chi connectivity index (χ3v) is 6.22. The van der Waals surface area contributed by atoms with Crippen molar-refractivity contribution in [3.63, 3.8) is 0 Å². The molecule has 3 aromatic heterocycles. The number of benzene rings is 1. The first-order valence-corrected chi connectivity index (χ1v) is 11.1. The molecule has 1 aromatic carbocycles. The van der Waals surface area contributed by atoms with E-state index in [9.17, 15) is 18.0 Å². The third-order valence-electron chi connectivity index (χ3n) is 6.22. The highest BCUT2D eigenvalue weighted by Gasteiger charge is 2.42. The van der Waals surface area contributed by atoms with Gasteiger partial charge in [0.05, 0.1) is 23.6 Å². The van der Waals surface area contributed by atoms with Crippen LogP contribution in [0.1, 0.15) is 35.9 Å². The zero-order valence-corrected chi connectivity index (χ0v) is 18.9. The molecule has 1 atom stereocenters. The van der Waals surface area contributed by atoms with Gasteiger partial charge in [0.2, 0.25) is 5.88 Å². The molecule has 0 spiro atoms. The highest BCUT2D eigenvalue weighted by atomic mass is 19.4. The summed E-state index contributed by atoms with van der Waals surface area (Å²) in [5.74, 6) is -0.258. The summed E-state index contributed by atoms with van der Waals surface area (Å²) < 4.78 is 45.8. The van der Waals surface area contributed by atoms with Crippen LogP contribution in [-0.4, -0.2) is 48.9 Å². The van der Waals surface area contributed by atoms with E-state index in [-0.39, 0.29) is 18.4 Å². The lowest BCUT2D eigenvalue weighted by molar-refractivity contribution is -0.141. The maximum Gasteiger partial charge on any atom is 0.434 e. The smallest absolute Gasteiger partial charge is 0.434 e. The number of hydrogen-bond donors (Lipinski definition) is 0. The molecule has 0 unspecified atom stereocenters. The number of imidazole rings is 1. The van der Waals surface area contributed by atoms with Crippen LogP contribution in [-0.2, 0) is 6.18 Å². The fourth-order valence-corrected chi connectivity index (χ4v) is 4.43. The number of nitrogens with zero attached hydrogens (tertiary/aromatic N) is 5. The second kappa shape index (κ2) is 8.68. The summed E-state index contributed by atoms with van der Waals surface area (Å²) in [7, 11) is 0. The minimum Gasteiger partial charge on any atom is -0.474 e. The van der Waals surface area contributed by atoms with Crippen LogP contribution in [0.2, 0.25) is 0 Å². The van der Waals surface area contributed by atoms with E-state index in [1.807, 2.05) is 66.1 Å². The van der Waals surface area contributed by atoms with E-state index in [2.05, 4.69) is 15.0 Å². The molecule has 1 aliphatic heterocycles. The van der Waals surface area contributed by atoms with Gasteiger partial charge in [-0.3, -0.25) is 9.20 Å². The minimum atomic E-state index is -4.57. The summed E-state index contributed by atoms with van der Waals surface area (Å²) in [6.45, 7) is 2.47. The molecule has 4 aromatic rings. The van der Waals surface area contributed by atoms with Crippen LogP contribution in [0.4, 0.5) is 13.2 Å². The van der Waals surface area contributed by atoms with Gasteiger partial charge in [-0.2, -0.15) is 13.2 Å². The van der Waals surface area contributed by atoms with Crippen molar-refractivity contribution in [3.8, 4) is 17.1 Å². The second-order valence-electron chi connectivity index (χ2n) is 8.69. The quantitative estimate of drug-likeness (QED) is 0.406. The molecule has 7 nitrogen and oxygen atoms in total. The van der Waals surface area contributed by atoms with Crippen LogP contribution in [0, 0.1) is 0 Å². The molecule has 0 radical (unpaired) electrons. The monoisotopic (exact) mass is 481 g/mol. The maximum atomic E-state index is 13.8. The largest absolute Gasteiger partial charge is 0.474 e. The van der Waals surface area contributed by atoms with Gasteiger partial charge in [-0.25, -0.2) is 15.0 Å². The van der Waals surface area contributed by atoms with Gasteiger partial charge >= 0.3 is 6.18 Å². The molecule has 1 fully saturated rings. The molecule has 1 aliphatic rings. The lowest BCUT2D eigenvalue weighted by atomic mass is 9.99. The molecule has 0 aliphatic carbocycles. The topological polar surface area (TPSA) is 72.6 Å². The molecule has 1 saturated heterocycles. The summed E-state index contributed by atoms with van der Waals surface area (Å²) in [6, 6.07) is 15.2. The fourth-order valence-electron chi connectivity index (χ4n) is 4.43. The van der Waals surface area contributed by atoms with Gasteiger partial charge in [0.25, 0.3) is 5.91 Å². The zero-order valence-electron chi connectivity index (χ0n) is 18.9. The van der Waals surface area contributed by atoms with E-state index in [1.165, 1.54) is 0 Å². The number of pyridine rings is 1. The molecule has 180 valence electrons. The number of alkyl halides is 3. The molecule has 35 heavy (non-hydrogen) atoms. The van der Waals surface area contributed by atoms with Crippen LogP contribution in [0.5, 0.6) is 5.88 Å². The summed E-state index contributed by atoms with van der Waals surface area (Å²) in [6.07, 6.45) is 0.313. The Labute approximate surface area is 199 Å².